The summed E-state index contributed by atoms with van der Waals surface area (Å²) in [5.41, 5.74) is 8.43. The summed E-state index contributed by atoms with van der Waals surface area (Å²) in [6.45, 7) is 0. The first kappa shape index (κ1) is 20.8. The number of halogens is 1. The summed E-state index contributed by atoms with van der Waals surface area (Å²) in [5.74, 6) is 0.0961. The van der Waals surface area contributed by atoms with E-state index in [1.54, 1.807) is 24.3 Å². The maximum atomic E-state index is 12.2. The van der Waals surface area contributed by atoms with Crippen molar-refractivity contribution >= 4 is 41.0 Å². The number of nitrogens with zero attached hydrogens (tertiary/aromatic N) is 2. The number of benzene rings is 3. The molecular formula is C23H19ClN4O2. The number of fused-ring (bicyclic) bond motifs is 1. The number of nitrogens with one attached hydrogen (secondary N) is 1. The van der Waals surface area contributed by atoms with Crippen molar-refractivity contribution in [3.8, 4) is 0 Å². The Morgan fingerprint density at radius 2 is 1.40 bits per heavy atom. The average molecular weight is 419 g/mol. The molecule has 0 bridgehead atoms. The third kappa shape index (κ3) is 4.74. The number of hydrogen-bond acceptors (Lipinski definition) is 4. The predicted octanol–water partition coefficient (Wildman–Crippen LogP) is 4.35. The Balaban J connectivity index is 0.00000256. The maximum Gasteiger partial charge on any atom is 0.257 e. The van der Waals surface area contributed by atoms with Crippen molar-refractivity contribution in [1.82, 2.24) is 5.32 Å². The van der Waals surface area contributed by atoms with Crippen LogP contribution in [-0.2, 0) is 0 Å². The van der Waals surface area contributed by atoms with Crippen molar-refractivity contribution in [2.24, 2.45) is 15.9 Å². The lowest BCUT2D eigenvalue weighted by Crippen LogP contribution is -2.36. The summed E-state index contributed by atoms with van der Waals surface area (Å²) in [6, 6.07) is 27.9. The molecule has 0 aliphatic rings. The Morgan fingerprint density at radius 3 is 2.07 bits per heavy atom. The van der Waals surface area contributed by atoms with E-state index in [0.717, 1.165) is 16.5 Å². The van der Waals surface area contributed by atoms with Crippen LogP contribution < -0.4 is 11.1 Å². The Labute approximate surface area is 179 Å². The van der Waals surface area contributed by atoms with Gasteiger partial charge in [0.1, 0.15) is 11.3 Å². The summed E-state index contributed by atoms with van der Waals surface area (Å²) in [7, 11) is 0. The van der Waals surface area contributed by atoms with E-state index in [4.69, 9.17) is 10.2 Å². The minimum Gasteiger partial charge on any atom is -0.454 e. The van der Waals surface area contributed by atoms with E-state index in [1.165, 1.54) is 0 Å². The normalized spacial score (nSPS) is 11.7. The zero-order valence-corrected chi connectivity index (χ0v) is 16.7. The Bertz CT molecular complexity index is 1170. The standard InChI is InChI=1S/C23H18N4O2.ClH/c24-23(25-22(28)17-11-5-2-6-12-17)27-26-21(16-9-3-1-4-10-16)20-15-18-13-7-8-14-19(18)29-20;/h1-15H,(H3,24,25,27,28);1H/b26-21+;. The molecule has 0 saturated carbocycles. The van der Waals surface area contributed by atoms with Crippen molar-refractivity contribution in [3.63, 3.8) is 0 Å². The highest BCUT2D eigenvalue weighted by atomic mass is 35.5. The number of carbonyl (C=O) groups is 1. The maximum absolute atomic E-state index is 12.2. The Morgan fingerprint density at radius 1 is 0.800 bits per heavy atom. The molecule has 6 nitrogen and oxygen atoms in total. The molecule has 0 unspecified atom stereocenters. The molecule has 0 spiro atoms. The van der Waals surface area contributed by atoms with Crippen LogP contribution >= 0.6 is 12.4 Å². The summed E-state index contributed by atoms with van der Waals surface area (Å²) >= 11 is 0. The van der Waals surface area contributed by atoms with Crippen LogP contribution in [0.25, 0.3) is 11.0 Å². The minimum absolute atomic E-state index is 0. The number of rotatable bonds is 4. The van der Waals surface area contributed by atoms with E-state index >= 15 is 0 Å². The highest BCUT2D eigenvalue weighted by Gasteiger charge is 2.13. The van der Waals surface area contributed by atoms with Gasteiger partial charge in [-0.25, -0.2) is 0 Å². The Hall–Kier alpha value is -3.90. The molecule has 1 heterocycles. The summed E-state index contributed by atoms with van der Waals surface area (Å²) in [5, 5.41) is 11.8. The quantitative estimate of drug-likeness (QED) is 0.293. The fraction of sp³-hybridized carbons (Fsp3) is 0. The van der Waals surface area contributed by atoms with Crippen LogP contribution in [0, 0.1) is 0 Å². The smallest absolute Gasteiger partial charge is 0.257 e. The van der Waals surface area contributed by atoms with Crippen molar-refractivity contribution in [2.45, 2.75) is 0 Å². The first-order chi connectivity index (χ1) is 14.2. The van der Waals surface area contributed by atoms with Crippen LogP contribution in [0.4, 0.5) is 0 Å². The second-order valence-corrected chi connectivity index (χ2v) is 6.27. The van der Waals surface area contributed by atoms with Crippen molar-refractivity contribution < 1.29 is 9.21 Å². The van der Waals surface area contributed by atoms with Crippen molar-refractivity contribution in [1.29, 1.82) is 0 Å². The second kappa shape index (κ2) is 9.54. The molecule has 0 atom stereocenters. The van der Waals surface area contributed by atoms with Gasteiger partial charge in [-0.1, -0.05) is 66.7 Å². The van der Waals surface area contributed by atoms with Crippen LogP contribution in [0.15, 0.2) is 106 Å². The van der Waals surface area contributed by atoms with Gasteiger partial charge >= 0.3 is 0 Å². The molecule has 0 radical (unpaired) electrons. The van der Waals surface area contributed by atoms with Crippen molar-refractivity contribution in [3.05, 3.63) is 108 Å². The molecule has 4 aromatic rings. The topological polar surface area (TPSA) is 93.0 Å². The molecule has 7 heteroatoms. The number of nitrogens with two attached hydrogens (primary N) is 1. The van der Waals surface area contributed by atoms with E-state index in [0.29, 0.717) is 17.0 Å². The third-order valence-corrected chi connectivity index (χ3v) is 4.24. The van der Waals surface area contributed by atoms with E-state index < -0.39 is 0 Å². The van der Waals surface area contributed by atoms with Crippen molar-refractivity contribution in [2.75, 3.05) is 0 Å². The van der Waals surface area contributed by atoms with Gasteiger partial charge in [0.25, 0.3) is 5.91 Å². The lowest BCUT2D eigenvalue weighted by Gasteiger charge is -2.04. The molecule has 0 aliphatic heterocycles. The van der Waals surface area contributed by atoms with Gasteiger partial charge in [0, 0.05) is 16.5 Å². The molecule has 3 aromatic carbocycles. The number of hydrogen-bond donors (Lipinski definition) is 2. The summed E-state index contributed by atoms with van der Waals surface area (Å²) in [6.07, 6.45) is 0. The van der Waals surface area contributed by atoms with Crippen LogP contribution in [0.1, 0.15) is 21.7 Å². The van der Waals surface area contributed by atoms with Gasteiger partial charge in [-0.3, -0.25) is 10.1 Å². The van der Waals surface area contributed by atoms with Gasteiger partial charge in [0.15, 0.2) is 5.76 Å². The molecule has 1 aromatic heterocycles. The molecule has 0 aliphatic carbocycles. The zero-order valence-electron chi connectivity index (χ0n) is 15.9. The van der Waals surface area contributed by atoms with Gasteiger partial charge < -0.3 is 10.2 Å². The molecule has 1 amide bonds. The first-order valence-electron chi connectivity index (χ1n) is 9.02. The van der Waals surface area contributed by atoms with Gasteiger partial charge in [0.05, 0.1) is 0 Å². The number of carbonyl (C=O) groups excluding carboxylic acids is 1. The first-order valence-corrected chi connectivity index (χ1v) is 9.02. The third-order valence-electron chi connectivity index (χ3n) is 4.24. The number of para-hydroxylation sites is 1. The van der Waals surface area contributed by atoms with E-state index in [2.05, 4.69) is 15.5 Å². The van der Waals surface area contributed by atoms with E-state index in [9.17, 15) is 4.79 Å². The van der Waals surface area contributed by atoms with Crippen LogP contribution in [0.2, 0.25) is 0 Å². The Kier molecular flexibility index (Phi) is 6.62. The van der Waals surface area contributed by atoms with E-state index in [1.807, 2.05) is 66.7 Å². The van der Waals surface area contributed by atoms with Gasteiger partial charge in [0.2, 0.25) is 5.96 Å². The molecule has 0 fully saturated rings. The highest BCUT2D eigenvalue weighted by molar-refractivity contribution is 6.13. The van der Waals surface area contributed by atoms with Crippen LogP contribution in [0.5, 0.6) is 0 Å². The SMILES string of the molecule is Cl.N/C(=N\N=C(/c1ccccc1)c1cc2ccccc2o1)NC(=O)c1ccccc1. The predicted molar refractivity (Wildman–Crippen MR) is 121 cm³/mol. The van der Waals surface area contributed by atoms with Crippen LogP contribution in [0.3, 0.4) is 0 Å². The number of furan rings is 1. The number of guanidine groups is 1. The molecule has 0 saturated heterocycles. The number of amides is 1. The lowest BCUT2D eigenvalue weighted by molar-refractivity contribution is 0.0976. The summed E-state index contributed by atoms with van der Waals surface area (Å²) < 4.78 is 5.94. The molecule has 30 heavy (non-hydrogen) atoms. The van der Waals surface area contributed by atoms with Crippen LogP contribution in [-0.4, -0.2) is 17.6 Å². The van der Waals surface area contributed by atoms with Gasteiger partial charge in [-0.2, -0.15) is 0 Å². The van der Waals surface area contributed by atoms with Gasteiger partial charge in [-0.15, -0.1) is 22.6 Å². The zero-order chi connectivity index (χ0) is 20.1. The van der Waals surface area contributed by atoms with E-state index in [-0.39, 0.29) is 24.3 Å². The minimum atomic E-state index is -0.355. The monoisotopic (exact) mass is 418 g/mol. The highest BCUT2D eigenvalue weighted by Crippen LogP contribution is 2.22. The van der Waals surface area contributed by atoms with Gasteiger partial charge in [-0.05, 0) is 24.3 Å². The second-order valence-electron chi connectivity index (χ2n) is 6.27. The lowest BCUT2D eigenvalue weighted by atomic mass is 10.1. The average Bonchev–Trinajstić information content (AvgIpc) is 3.19. The fourth-order valence-corrected chi connectivity index (χ4v) is 2.85. The largest absolute Gasteiger partial charge is 0.454 e. The molecule has 150 valence electrons. The fourth-order valence-electron chi connectivity index (χ4n) is 2.85. The molecular weight excluding hydrogens is 400 g/mol. The summed E-state index contributed by atoms with van der Waals surface area (Å²) in [4.78, 5) is 12.2. The molecule has 4 rings (SSSR count). The molecule has 3 N–H and O–H groups in total.